The molecule has 2 heterocycles. The lowest BCUT2D eigenvalue weighted by Gasteiger charge is -2.24. The fourth-order valence-corrected chi connectivity index (χ4v) is 4.95. The predicted molar refractivity (Wildman–Crippen MR) is 175 cm³/mol. The molecular weight excluding hydrogens is 610 g/mol. The lowest BCUT2D eigenvalue weighted by atomic mass is 10.1. The summed E-state index contributed by atoms with van der Waals surface area (Å²) < 4.78 is 7.50. The van der Waals surface area contributed by atoms with Crippen molar-refractivity contribution >= 4 is 45.9 Å². The van der Waals surface area contributed by atoms with Crippen molar-refractivity contribution < 1.29 is 14.6 Å². The van der Waals surface area contributed by atoms with Gasteiger partial charge in [0, 0.05) is 18.8 Å². The molecular formula is C32H30ClN9O4. The number of halogens is 1. The summed E-state index contributed by atoms with van der Waals surface area (Å²) in [6.45, 7) is 0.478. The molecule has 0 radical (unpaired) electrons. The van der Waals surface area contributed by atoms with Gasteiger partial charge < -0.3 is 31.5 Å². The minimum absolute atomic E-state index is 0.00656. The SMILES string of the molecule is N#Cc1c(N)ncnc1NC(COCc1ccccc1)c1nc2cccc(Cl)c2c(=O)n1-c1cccc(NC(=O)NCCCO)c1. The van der Waals surface area contributed by atoms with Gasteiger partial charge in [-0.05, 0) is 42.3 Å². The number of aliphatic hydroxyl groups is 1. The number of urea groups is 1. The second kappa shape index (κ2) is 15.0. The zero-order valence-corrected chi connectivity index (χ0v) is 25.2. The van der Waals surface area contributed by atoms with E-state index in [4.69, 9.17) is 32.2 Å². The van der Waals surface area contributed by atoms with Gasteiger partial charge in [-0.1, -0.05) is 54.1 Å². The van der Waals surface area contributed by atoms with Crippen molar-refractivity contribution in [2.24, 2.45) is 0 Å². The Bertz CT molecular complexity index is 1950. The van der Waals surface area contributed by atoms with Crippen LogP contribution < -0.4 is 27.2 Å². The molecule has 6 N–H and O–H groups in total. The highest BCUT2D eigenvalue weighted by atomic mass is 35.5. The van der Waals surface area contributed by atoms with Crippen molar-refractivity contribution in [2.75, 3.05) is 36.1 Å². The highest BCUT2D eigenvalue weighted by Gasteiger charge is 2.25. The third-order valence-corrected chi connectivity index (χ3v) is 7.18. The summed E-state index contributed by atoms with van der Waals surface area (Å²) in [5.41, 5.74) is 7.57. The second-order valence-electron chi connectivity index (χ2n) is 10.0. The molecule has 13 nitrogen and oxygen atoms in total. The smallest absolute Gasteiger partial charge is 0.319 e. The zero-order valence-electron chi connectivity index (χ0n) is 24.5. The molecule has 2 aromatic heterocycles. The number of nitrogen functional groups attached to an aromatic ring is 1. The summed E-state index contributed by atoms with van der Waals surface area (Å²) >= 11 is 6.51. The topological polar surface area (TPSA) is 193 Å². The lowest BCUT2D eigenvalue weighted by molar-refractivity contribution is 0.110. The maximum atomic E-state index is 14.3. The highest BCUT2D eigenvalue weighted by molar-refractivity contribution is 6.35. The minimum atomic E-state index is -0.848. The number of anilines is 3. The van der Waals surface area contributed by atoms with Crippen molar-refractivity contribution in [3.8, 4) is 11.8 Å². The molecule has 0 bridgehead atoms. The van der Waals surface area contributed by atoms with Crippen molar-refractivity contribution in [1.29, 1.82) is 5.26 Å². The average molecular weight is 640 g/mol. The molecule has 0 saturated carbocycles. The first kappa shape index (κ1) is 31.9. The van der Waals surface area contributed by atoms with E-state index in [-0.39, 0.29) is 59.8 Å². The molecule has 0 fully saturated rings. The third kappa shape index (κ3) is 7.39. The number of nitrogens with two attached hydrogens (primary N) is 1. The largest absolute Gasteiger partial charge is 0.396 e. The van der Waals surface area contributed by atoms with Crippen LogP contribution >= 0.6 is 11.6 Å². The molecule has 2 amide bonds. The van der Waals surface area contributed by atoms with Gasteiger partial charge in [-0.25, -0.2) is 19.7 Å². The van der Waals surface area contributed by atoms with Crippen molar-refractivity contribution in [3.63, 3.8) is 0 Å². The monoisotopic (exact) mass is 639 g/mol. The molecule has 0 aliphatic heterocycles. The quantitative estimate of drug-likeness (QED) is 0.124. The number of rotatable bonds is 12. The molecule has 0 spiro atoms. The summed E-state index contributed by atoms with van der Waals surface area (Å²) in [6, 6.07) is 21.9. The number of nitrogens with zero attached hydrogens (tertiary/aromatic N) is 5. The summed E-state index contributed by atoms with van der Waals surface area (Å²) in [5.74, 6) is 0.333. The van der Waals surface area contributed by atoms with Gasteiger partial charge in [-0.2, -0.15) is 5.26 Å². The van der Waals surface area contributed by atoms with Crippen LogP contribution in [0, 0.1) is 11.3 Å². The van der Waals surface area contributed by atoms with Gasteiger partial charge in [0.2, 0.25) is 0 Å². The first-order valence-corrected chi connectivity index (χ1v) is 14.6. The normalized spacial score (nSPS) is 11.5. The molecule has 5 rings (SSSR count). The number of carbonyl (C=O) groups excluding carboxylic acids is 1. The Balaban J connectivity index is 1.62. The van der Waals surface area contributed by atoms with Crippen LogP contribution in [0.2, 0.25) is 5.02 Å². The van der Waals surface area contributed by atoms with Crippen LogP contribution in [-0.4, -0.2) is 50.4 Å². The van der Waals surface area contributed by atoms with Crippen LogP contribution in [0.4, 0.5) is 22.1 Å². The van der Waals surface area contributed by atoms with Crippen LogP contribution in [0.15, 0.2) is 83.9 Å². The number of ether oxygens (including phenoxy) is 1. The maximum absolute atomic E-state index is 14.3. The summed E-state index contributed by atoms with van der Waals surface area (Å²) in [7, 11) is 0. The summed E-state index contributed by atoms with van der Waals surface area (Å²) in [6.07, 6.45) is 1.63. The molecule has 1 unspecified atom stereocenters. The molecule has 5 aromatic rings. The van der Waals surface area contributed by atoms with E-state index in [0.29, 0.717) is 23.3 Å². The number of hydrogen-bond donors (Lipinski definition) is 5. The Labute approximate surface area is 268 Å². The van der Waals surface area contributed by atoms with Crippen molar-refractivity contribution in [3.05, 3.63) is 111 Å². The Kier molecular flexibility index (Phi) is 10.4. The van der Waals surface area contributed by atoms with Gasteiger partial charge in [0.05, 0.1) is 34.8 Å². The first-order chi connectivity index (χ1) is 22.4. The molecule has 3 aromatic carbocycles. The van der Waals surface area contributed by atoms with E-state index in [1.807, 2.05) is 36.4 Å². The van der Waals surface area contributed by atoms with E-state index in [1.54, 1.807) is 42.5 Å². The number of nitrogens with one attached hydrogen (secondary N) is 3. The third-order valence-electron chi connectivity index (χ3n) is 6.86. The fraction of sp³-hybridized carbons (Fsp3) is 0.188. The van der Waals surface area contributed by atoms with Gasteiger partial charge in [-0.3, -0.25) is 9.36 Å². The number of aromatic nitrogens is 4. The summed E-state index contributed by atoms with van der Waals surface area (Å²) in [5, 5.41) is 27.8. The van der Waals surface area contributed by atoms with E-state index in [2.05, 4.69) is 25.9 Å². The van der Waals surface area contributed by atoms with E-state index in [1.165, 1.54) is 10.9 Å². The number of amides is 2. The lowest BCUT2D eigenvalue weighted by Crippen LogP contribution is -2.31. The van der Waals surface area contributed by atoms with E-state index >= 15 is 0 Å². The van der Waals surface area contributed by atoms with E-state index in [9.17, 15) is 14.9 Å². The molecule has 234 valence electrons. The van der Waals surface area contributed by atoms with Gasteiger partial charge in [0.25, 0.3) is 5.56 Å². The number of hydrogen-bond acceptors (Lipinski definition) is 10. The van der Waals surface area contributed by atoms with E-state index < -0.39 is 17.6 Å². The number of fused-ring (bicyclic) bond motifs is 1. The molecule has 46 heavy (non-hydrogen) atoms. The Morgan fingerprint density at radius 1 is 1.11 bits per heavy atom. The second-order valence-corrected chi connectivity index (χ2v) is 10.5. The predicted octanol–water partition coefficient (Wildman–Crippen LogP) is 4.16. The first-order valence-electron chi connectivity index (χ1n) is 14.3. The molecule has 14 heteroatoms. The maximum Gasteiger partial charge on any atom is 0.319 e. The molecule has 0 aliphatic carbocycles. The van der Waals surface area contributed by atoms with Gasteiger partial charge in [0.15, 0.2) is 0 Å². The van der Waals surface area contributed by atoms with Gasteiger partial charge >= 0.3 is 6.03 Å². The molecule has 1 atom stereocenters. The van der Waals surface area contributed by atoms with Crippen LogP contribution in [0.1, 0.15) is 29.4 Å². The average Bonchev–Trinajstić information content (AvgIpc) is 3.05. The zero-order chi connectivity index (χ0) is 32.5. The van der Waals surface area contributed by atoms with Crippen LogP contribution in [0.3, 0.4) is 0 Å². The fourth-order valence-electron chi connectivity index (χ4n) is 4.70. The Morgan fingerprint density at radius 3 is 2.70 bits per heavy atom. The van der Waals surface area contributed by atoms with Crippen molar-refractivity contribution in [1.82, 2.24) is 24.8 Å². The number of nitriles is 1. The standard InChI is InChI=1S/C32H30ClN9O4/c33-24-11-5-12-25-27(24)31(44)42(22-10-4-9-21(15-22)39-32(45)36-13-6-14-43)30(41-25)26(18-46-17-20-7-2-1-3-8-20)40-29-23(16-34)28(35)37-19-38-29/h1-5,7-12,15,19,26,43H,6,13-14,17-18H2,(H2,36,39,45)(H3,35,37,38,40). The van der Waals surface area contributed by atoms with Crippen LogP contribution in [0.5, 0.6) is 0 Å². The number of aliphatic hydroxyl groups excluding tert-OH is 1. The van der Waals surface area contributed by atoms with Gasteiger partial charge in [0.1, 0.15) is 41.5 Å². The Morgan fingerprint density at radius 2 is 1.91 bits per heavy atom. The summed E-state index contributed by atoms with van der Waals surface area (Å²) in [4.78, 5) is 39.7. The molecule has 0 aliphatic rings. The van der Waals surface area contributed by atoms with E-state index in [0.717, 1.165) is 5.56 Å². The Hall–Kier alpha value is -5.55. The number of benzene rings is 3. The minimum Gasteiger partial charge on any atom is -0.396 e. The molecule has 0 saturated heterocycles. The number of carbonyl (C=O) groups is 1. The highest BCUT2D eigenvalue weighted by Crippen LogP contribution is 2.27. The van der Waals surface area contributed by atoms with Crippen molar-refractivity contribution in [2.45, 2.75) is 19.1 Å². The van der Waals surface area contributed by atoms with Crippen LogP contribution in [0.25, 0.3) is 16.6 Å². The van der Waals surface area contributed by atoms with Crippen LogP contribution in [-0.2, 0) is 11.3 Å². The van der Waals surface area contributed by atoms with Gasteiger partial charge in [-0.15, -0.1) is 0 Å².